The molecule has 1 amide bonds. The number of pyridine rings is 1. The summed E-state index contributed by atoms with van der Waals surface area (Å²) in [6.07, 6.45) is 1.89. The maximum Gasteiger partial charge on any atom is 0.236 e. The maximum absolute atomic E-state index is 11.9. The second kappa shape index (κ2) is 6.05. The van der Waals surface area contributed by atoms with E-state index in [0.717, 1.165) is 31.4 Å². The average Bonchev–Trinajstić information content (AvgIpc) is 2.70. The fourth-order valence-corrected chi connectivity index (χ4v) is 3.16. The summed E-state index contributed by atoms with van der Waals surface area (Å²) in [6, 6.07) is 8.35. The summed E-state index contributed by atoms with van der Waals surface area (Å²) in [6.45, 7) is 4.52. The van der Waals surface area contributed by atoms with Gasteiger partial charge in [-0.15, -0.1) is 0 Å². The number of benzene rings is 1. The Kier molecular flexibility index (Phi) is 4.12. The van der Waals surface area contributed by atoms with E-state index in [2.05, 4.69) is 30.0 Å². The van der Waals surface area contributed by atoms with Gasteiger partial charge in [0.25, 0.3) is 0 Å². The summed E-state index contributed by atoms with van der Waals surface area (Å²) in [5, 5.41) is 1.25. The average molecular weight is 297 g/mol. The summed E-state index contributed by atoms with van der Waals surface area (Å²) in [4.78, 5) is 20.7. The van der Waals surface area contributed by atoms with Gasteiger partial charge in [-0.1, -0.05) is 18.2 Å². The molecular formula is C18H23N3O. The van der Waals surface area contributed by atoms with E-state index in [0.29, 0.717) is 6.54 Å². The number of carbonyl (C=O) groups is 1. The van der Waals surface area contributed by atoms with Crippen molar-refractivity contribution in [3.63, 3.8) is 0 Å². The van der Waals surface area contributed by atoms with Gasteiger partial charge in [0.1, 0.15) is 0 Å². The van der Waals surface area contributed by atoms with Crippen molar-refractivity contribution in [3.05, 3.63) is 41.1 Å². The molecule has 2 heterocycles. The number of carbonyl (C=O) groups excluding carboxylic acids is 1. The summed E-state index contributed by atoms with van der Waals surface area (Å²) in [7, 11) is 3.63. The van der Waals surface area contributed by atoms with Gasteiger partial charge in [0.2, 0.25) is 5.91 Å². The third-order valence-electron chi connectivity index (χ3n) is 4.57. The second-order valence-electron chi connectivity index (χ2n) is 6.24. The molecule has 1 aromatic carbocycles. The van der Waals surface area contributed by atoms with Crippen LogP contribution in [0, 0.1) is 6.92 Å². The topological polar surface area (TPSA) is 36.4 Å². The van der Waals surface area contributed by atoms with E-state index >= 15 is 0 Å². The Labute approximate surface area is 131 Å². The van der Waals surface area contributed by atoms with Crippen LogP contribution in [0.5, 0.6) is 0 Å². The Morgan fingerprint density at radius 2 is 1.95 bits per heavy atom. The predicted molar refractivity (Wildman–Crippen MR) is 89.0 cm³/mol. The number of amides is 1. The lowest BCUT2D eigenvalue weighted by atomic mass is 9.99. The number of hydrogen-bond donors (Lipinski definition) is 0. The SMILES string of the molecule is Cc1c2c(nc3ccccc13)CCN(CC(=O)N(C)C)CC2. The van der Waals surface area contributed by atoms with Crippen molar-refractivity contribution in [2.75, 3.05) is 33.7 Å². The molecule has 0 unspecified atom stereocenters. The van der Waals surface area contributed by atoms with E-state index in [1.165, 1.54) is 22.2 Å². The normalized spacial score (nSPS) is 15.4. The van der Waals surface area contributed by atoms with Gasteiger partial charge in [-0.25, -0.2) is 0 Å². The molecule has 116 valence electrons. The highest BCUT2D eigenvalue weighted by molar-refractivity contribution is 5.83. The first-order valence-electron chi connectivity index (χ1n) is 7.86. The Morgan fingerprint density at radius 1 is 1.23 bits per heavy atom. The van der Waals surface area contributed by atoms with Crippen LogP contribution in [0.2, 0.25) is 0 Å². The predicted octanol–water partition coefficient (Wildman–Crippen LogP) is 2.03. The fraction of sp³-hybridized carbons (Fsp3) is 0.444. The van der Waals surface area contributed by atoms with Gasteiger partial charge in [0, 0.05) is 44.7 Å². The van der Waals surface area contributed by atoms with Crippen molar-refractivity contribution < 1.29 is 4.79 Å². The molecule has 0 radical (unpaired) electrons. The number of aromatic nitrogens is 1. The Hall–Kier alpha value is -1.94. The molecule has 2 aromatic rings. The molecule has 0 saturated heterocycles. The van der Waals surface area contributed by atoms with Crippen LogP contribution >= 0.6 is 0 Å². The standard InChI is InChI=1S/C18H23N3O/c1-13-14-6-4-5-7-16(14)19-17-9-11-21(10-8-15(13)17)12-18(22)20(2)3/h4-7H,8-12H2,1-3H3. The first kappa shape index (κ1) is 15.0. The zero-order chi connectivity index (χ0) is 15.7. The molecule has 0 spiro atoms. The molecule has 3 rings (SSSR count). The Balaban J connectivity index is 1.86. The van der Waals surface area contributed by atoms with Crippen molar-refractivity contribution >= 4 is 16.8 Å². The summed E-state index contributed by atoms with van der Waals surface area (Å²) < 4.78 is 0. The van der Waals surface area contributed by atoms with Gasteiger partial charge in [-0.2, -0.15) is 0 Å². The molecule has 0 aliphatic carbocycles. The number of aryl methyl sites for hydroxylation is 1. The molecule has 0 atom stereocenters. The van der Waals surface area contributed by atoms with Crippen LogP contribution in [0.1, 0.15) is 16.8 Å². The lowest BCUT2D eigenvalue weighted by Crippen LogP contribution is -2.37. The van der Waals surface area contributed by atoms with Gasteiger partial charge in [0.15, 0.2) is 0 Å². The van der Waals surface area contributed by atoms with Crippen molar-refractivity contribution in [3.8, 4) is 0 Å². The van der Waals surface area contributed by atoms with Gasteiger partial charge >= 0.3 is 0 Å². The van der Waals surface area contributed by atoms with Crippen molar-refractivity contribution in [2.45, 2.75) is 19.8 Å². The molecule has 0 saturated carbocycles. The number of rotatable bonds is 2. The highest BCUT2D eigenvalue weighted by Crippen LogP contribution is 2.25. The first-order valence-corrected chi connectivity index (χ1v) is 7.86. The quantitative estimate of drug-likeness (QED) is 0.851. The van der Waals surface area contributed by atoms with E-state index in [-0.39, 0.29) is 5.91 Å². The van der Waals surface area contributed by atoms with Gasteiger partial charge in [-0.05, 0) is 30.5 Å². The van der Waals surface area contributed by atoms with E-state index < -0.39 is 0 Å². The summed E-state index contributed by atoms with van der Waals surface area (Å²) in [5.74, 6) is 0.167. The number of fused-ring (bicyclic) bond motifs is 2. The minimum absolute atomic E-state index is 0.167. The van der Waals surface area contributed by atoms with Gasteiger partial charge in [0.05, 0.1) is 12.1 Å². The third-order valence-corrected chi connectivity index (χ3v) is 4.57. The third kappa shape index (κ3) is 2.83. The van der Waals surface area contributed by atoms with Gasteiger partial charge in [-0.3, -0.25) is 14.7 Å². The van der Waals surface area contributed by atoms with E-state index in [1.807, 2.05) is 20.2 Å². The lowest BCUT2D eigenvalue weighted by Gasteiger charge is -2.21. The van der Waals surface area contributed by atoms with Crippen LogP contribution in [0.25, 0.3) is 10.9 Å². The van der Waals surface area contributed by atoms with Crippen LogP contribution in [-0.2, 0) is 17.6 Å². The number of hydrogen-bond acceptors (Lipinski definition) is 3. The molecule has 4 nitrogen and oxygen atoms in total. The molecule has 0 bridgehead atoms. The second-order valence-corrected chi connectivity index (χ2v) is 6.24. The Bertz CT molecular complexity index is 709. The highest BCUT2D eigenvalue weighted by Gasteiger charge is 2.20. The summed E-state index contributed by atoms with van der Waals surface area (Å²) in [5.41, 5.74) is 5.01. The minimum Gasteiger partial charge on any atom is -0.348 e. The molecule has 0 N–H and O–H groups in total. The van der Waals surface area contributed by atoms with E-state index in [9.17, 15) is 4.79 Å². The zero-order valence-electron chi connectivity index (χ0n) is 13.6. The van der Waals surface area contributed by atoms with Crippen LogP contribution < -0.4 is 0 Å². The number of nitrogens with zero attached hydrogens (tertiary/aromatic N) is 3. The van der Waals surface area contributed by atoms with Crippen molar-refractivity contribution in [1.29, 1.82) is 0 Å². The highest BCUT2D eigenvalue weighted by atomic mass is 16.2. The summed E-state index contributed by atoms with van der Waals surface area (Å²) >= 11 is 0. The van der Waals surface area contributed by atoms with Crippen LogP contribution in [0.3, 0.4) is 0 Å². The maximum atomic E-state index is 11.9. The van der Waals surface area contributed by atoms with Gasteiger partial charge < -0.3 is 4.90 Å². The number of para-hydroxylation sites is 1. The van der Waals surface area contributed by atoms with Crippen LogP contribution in [0.4, 0.5) is 0 Å². The monoisotopic (exact) mass is 297 g/mol. The van der Waals surface area contributed by atoms with Crippen molar-refractivity contribution in [1.82, 2.24) is 14.8 Å². The molecule has 1 aliphatic heterocycles. The molecule has 4 heteroatoms. The lowest BCUT2D eigenvalue weighted by molar-refractivity contribution is -0.129. The molecular weight excluding hydrogens is 274 g/mol. The minimum atomic E-state index is 0.167. The van der Waals surface area contributed by atoms with E-state index in [4.69, 9.17) is 4.98 Å². The Morgan fingerprint density at radius 3 is 2.73 bits per heavy atom. The zero-order valence-corrected chi connectivity index (χ0v) is 13.6. The van der Waals surface area contributed by atoms with Crippen LogP contribution in [-0.4, -0.2) is 54.4 Å². The van der Waals surface area contributed by atoms with Crippen LogP contribution in [0.15, 0.2) is 24.3 Å². The first-order chi connectivity index (χ1) is 10.6. The largest absolute Gasteiger partial charge is 0.348 e. The molecule has 22 heavy (non-hydrogen) atoms. The molecule has 0 fully saturated rings. The van der Waals surface area contributed by atoms with Crippen molar-refractivity contribution in [2.24, 2.45) is 0 Å². The molecule has 1 aromatic heterocycles. The number of likely N-dealkylation sites (N-methyl/N-ethyl adjacent to an activating group) is 1. The molecule has 1 aliphatic rings. The smallest absolute Gasteiger partial charge is 0.236 e. The van der Waals surface area contributed by atoms with E-state index in [1.54, 1.807) is 4.90 Å². The fourth-order valence-electron chi connectivity index (χ4n) is 3.16.